The second-order valence-electron chi connectivity index (χ2n) is 4.48. The fourth-order valence-electron chi connectivity index (χ4n) is 2.92. The molecule has 2 aliphatic heterocycles. The Morgan fingerprint density at radius 2 is 2.13 bits per heavy atom. The van der Waals surface area contributed by atoms with E-state index in [9.17, 15) is 0 Å². The summed E-state index contributed by atoms with van der Waals surface area (Å²) < 4.78 is 1.23. The second kappa shape index (κ2) is 3.49. The highest BCUT2D eigenvalue weighted by atomic mass is 79.9. The van der Waals surface area contributed by atoms with Crippen LogP contribution in [0.25, 0.3) is 0 Å². The van der Waals surface area contributed by atoms with E-state index in [1.165, 1.54) is 35.0 Å². The molecule has 2 atom stereocenters. The summed E-state index contributed by atoms with van der Waals surface area (Å²) in [4.78, 5) is 2.42. The van der Waals surface area contributed by atoms with Gasteiger partial charge in [-0.1, -0.05) is 22.0 Å². The normalized spacial score (nSPS) is 28.8. The lowest BCUT2D eigenvalue weighted by atomic mass is 9.96. The fourth-order valence-corrected chi connectivity index (χ4v) is 3.47. The molecular weight excluding hydrogens is 252 g/mol. The maximum absolute atomic E-state index is 6.16. The molecule has 1 aromatic rings. The summed E-state index contributed by atoms with van der Waals surface area (Å²) in [6.45, 7) is 0. The van der Waals surface area contributed by atoms with Crippen LogP contribution in [0.3, 0.4) is 0 Å². The Morgan fingerprint density at radius 1 is 1.27 bits per heavy atom. The number of nitrogens with two attached hydrogens (primary N) is 1. The number of fused-ring (bicyclic) bond motifs is 3. The molecule has 0 bridgehead atoms. The first kappa shape index (κ1) is 9.67. The minimum Gasteiger partial charge on any atom is -0.353 e. The third-order valence-electron chi connectivity index (χ3n) is 3.65. The molecular formula is C12H15BrN2. The molecule has 0 radical (unpaired) electrons. The molecule has 2 nitrogen and oxygen atoms in total. The van der Waals surface area contributed by atoms with Crippen LogP contribution in [0, 0.1) is 0 Å². The van der Waals surface area contributed by atoms with Gasteiger partial charge in [-0.2, -0.15) is 0 Å². The smallest absolute Gasteiger partial charge is 0.0774 e. The van der Waals surface area contributed by atoms with E-state index in [0.717, 1.165) is 6.42 Å². The number of halogens is 1. The van der Waals surface area contributed by atoms with Crippen LogP contribution in [0.2, 0.25) is 0 Å². The van der Waals surface area contributed by atoms with Crippen LogP contribution in [0.15, 0.2) is 22.7 Å². The van der Waals surface area contributed by atoms with Gasteiger partial charge in [-0.15, -0.1) is 0 Å². The zero-order valence-corrected chi connectivity index (χ0v) is 10.2. The molecule has 0 saturated carbocycles. The van der Waals surface area contributed by atoms with Crippen LogP contribution < -0.4 is 10.6 Å². The van der Waals surface area contributed by atoms with Gasteiger partial charge in [-0.3, -0.25) is 0 Å². The van der Waals surface area contributed by atoms with Gasteiger partial charge in [0.05, 0.1) is 6.17 Å². The zero-order chi connectivity index (χ0) is 10.4. The van der Waals surface area contributed by atoms with Crippen molar-refractivity contribution in [3.05, 3.63) is 28.2 Å². The molecule has 15 heavy (non-hydrogen) atoms. The van der Waals surface area contributed by atoms with Crippen molar-refractivity contribution in [1.82, 2.24) is 0 Å². The van der Waals surface area contributed by atoms with Crippen LogP contribution in [-0.4, -0.2) is 12.2 Å². The number of rotatable bonds is 0. The number of benzene rings is 1. The lowest BCUT2D eigenvalue weighted by Gasteiger charge is -2.36. The highest BCUT2D eigenvalue weighted by Crippen LogP contribution is 2.40. The number of hydrogen-bond donors (Lipinski definition) is 1. The highest BCUT2D eigenvalue weighted by molar-refractivity contribution is 9.10. The molecule has 2 aliphatic rings. The molecule has 3 heteroatoms. The molecule has 80 valence electrons. The van der Waals surface area contributed by atoms with E-state index in [0.29, 0.717) is 6.04 Å². The molecule has 3 rings (SSSR count). The minimum absolute atomic E-state index is 0.225. The van der Waals surface area contributed by atoms with Gasteiger partial charge in [-0.05, 0) is 43.4 Å². The van der Waals surface area contributed by atoms with Gasteiger partial charge in [0.15, 0.2) is 0 Å². The molecule has 1 saturated heterocycles. The Hall–Kier alpha value is -0.540. The molecule has 1 aromatic carbocycles. The summed E-state index contributed by atoms with van der Waals surface area (Å²) >= 11 is 3.63. The van der Waals surface area contributed by atoms with E-state index in [1.54, 1.807) is 0 Å². The molecule has 2 heterocycles. The predicted octanol–water partition coefficient (Wildman–Crippen LogP) is 2.65. The summed E-state index contributed by atoms with van der Waals surface area (Å²) in [5, 5.41) is 0. The van der Waals surface area contributed by atoms with Gasteiger partial charge < -0.3 is 10.6 Å². The maximum Gasteiger partial charge on any atom is 0.0774 e. The Morgan fingerprint density at radius 3 is 3.00 bits per heavy atom. The first-order valence-electron chi connectivity index (χ1n) is 5.58. The van der Waals surface area contributed by atoms with Crippen molar-refractivity contribution >= 4 is 21.6 Å². The van der Waals surface area contributed by atoms with Crippen molar-refractivity contribution < 1.29 is 0 Å². The van der Waals surface area contributed by atoms with E-state index >= 15 is 0 Å². The quantitative estimate of drug-likeness (QED) is 0.783. The monoisotopic (exact) mass is 266 g/mol. The SMILES string of the molecule is NC1CCC2CCc3c(Br)cccc3N12. The summed E-state index contributed by atoms with van der Waals surface area (Å²) in [6, 6.07) is 7.12. The van der Waals surface area contributed by atoms with E-state index in [-0.39, 0.29) is 6.17 Å². The molecule has 1 fully saturated rings. The van der Waals surface area contributed by atoms with Crippen molar-refractivity contribution in [2.24, 2.45) is 5.73 Å². The minimum atomic E-state index is 0.225. The predicted molar refractivity (Wildman–Crippen MR) is 65.9 cm³/mol. The maximum atomic E-state index is 6.16. The van der Waals surface area contributed by atoms with Gasteiger partial charge in [0.2, 0.25) is 0 Å². The van der Waals surface area contributed by atoms with Gasteiger partial charge in [-0.25, -0.2) is 0 Å². The third kappa shape index (κ3) is 1.41. The number of anilines is 1. The van der Waals surface area contributed by atoms with Crippen molar-refractivity contribution in [3.63, 3.8) is 0 Å². The summed E-state index contributed by atoms with van der Waals surface area (Å²) in [5.41, 5.74) is 8.95. The van der Waals surface area contributed by atoms with Crippen LogP contribution in [0.5, 0.6) is 0 Å². The van der Waals surface area contributed by atoms with E-state index in [2.05, 4.69) is 39.0 Å². The Kier molecular flexibility index (Phi) is 2.25. The second-order valence-corrected chi connectivity index (χ2v) is 5.34. The van der Waals surface area contributed by atoms with Gasteiger partial charge >= 0.3 is 0 Å². The molecule has 0 aliphatic carbocycles. The van der Waals surface area contributed by atoms with Crippen molar-refractivity contribution in [1.29, 1.82) is 0 Å². The summed E-state index contributed by atoms with van der Waals surface area (Å²) in [7, 11) is 0. The molecule has 0 aromatic heterocycles. The third-order valence-corrected chi connectivity index (χ3v) is 4.39. The van der Waals surface area contributed by atoms with Crippen molar-refractivity contribution in [3.8, 4) is 0 Å². The van der Waals surface area contributed by atoms with Crippen LogP contribution in [0.1, 0.15) is 24.8 Å². The Bertz CT molecular complexity index is 391. The number of nitrogens with zero attached hydrogens (tertiary/aromatic N) is 1. The highest BCUT2D eigenvalue weighted by Gasteiger charge is 2.35. The van der Waals surface area contributed by atoms with E-state index in [4.69, 9.17) is 5.73 Å². The summed E-state index contributed by atoms with van der Waals surface area (Å²) in [5.74, 6) is 0. The zero-order valence-electron chi connectivity index (χ0n) is 8.62. The average Bonchev–Trinajstić information content (AvgIpc) is 2.61. The van der Waals surface area contributed by atoms with Crippen LogP contribution in [0.4, 0.5) is 5.69 Å². The standard InChI is InChI=1S/C12H15BrN2/c13-10-2-1-3-11-9(10)6-4-8-5-7-12(14)15(8)11/h1-3,8,12H,4-7,14H2. The Labute approximate surface area is 98.6 Å². The largest absolute Gasteiger partial charge is 0.353 e. The van der Waals surface area contributed by atoms with Crippen LogP contribution in [-0.2, 0) is 6.42 Å². The lowest BCUT2D eigenvalue weighted by molar-refractivity contribution is 0.564. The summed E-state index contributed by atoms with van der Waals surface area (Å²) in [6.07, 6.45) is 5.06. The van der Waals surface area contributed by atoms with E-state index in [1.807, 2.05) is 0 Å². The van der Waals surface area contributed by atoms with E-state index < -0.39 is 0 Å². The fraction of sp³-hybridized carbons (Fsp3) is 0.500. The lowest BCUT2D eigenvalue weighted by Crippen LogP contribution is -2.44. The first-order valence-corrected chi connectivity index (χ1v) is 6.38. The molecule has 0 spiro atoms. The van der Waals surface area contributed by atoms with Gasteiger partial charge in [0, 0.05) is 16.2 Å². The average molecular weight is 267 g/mol. The molecule has 0 amide bonds. The molecule has 2 N–H and O–H groups in total. The Balaban J connectivity index is 2.10. The topological polar surface area (TPSA) is 29.3 Å². The van der Waals surface area contributed by atoms with Crippen molar-refractivity contribution in [2.45, 2.75) is 37.9 Å². The number of hydrogen-bond acceptors (Lipinski definition) is 2. The van der Waals surface area contributed by atoms with Gasteiger partial charge in [0.25, 0.3) is 0 Å². The first-order chi connectivity index (χ1) is 7.27. The van der Waals surface area contributed by atoms with Gasteiger partial charge in [0.1, 0.15) is 0 Å². The van der Waals surface area contributed by atoms with Crippen molar-refractivity contribution in [2.75, 3.05) is 4.90 Å². The van der Waals surface area contributed by atoms with Crippen LogP contribution >= 0.6 is 15.9 Å². The molecule has 2 unspecified atom stereocenters.